The van der Waals surface area contributed by atoms with Crippen molar-refractivity contribution in [3.8, 4) is 0 Å². The smallest absolute Gasteiger partial charge is 0.345 e. The van der Waals surface area contributed by atoms with E-state index in [0.29, 0.717) is 24.0 Å². The number of nitrogen functional groups attached to an aromatic ring is 1. The van der Waals surface area contributed by atoms with Gasteiger partial charge in [0.1, 0.15) is 10.6 Å². The minimum atomic E-state index is -0.336. The Balaban J connectivity index is 1.90. The molecule has 2 aliphatic rings. The summed E-state index contributed by atoms with van der Waals surface area (Å²) >= 11 is 1.34. The summed E-state index contributed by atoms with van der Waals surface area (Å²) in [6.45, 7) is 3.17. The predicted molar refractivity (Wildman–Crippen MR) is 84.8 cm³/mol. The van der Waals surface area contributed by atoms with E-state index in [1.54, 1.807) is 0 Å². The third-order valence-electron chi connectivity index (χ3n) is 4.68. The van der Waals surface area contributed by atoms with Crippen molar-refractivity contribution in [3.63, 3.8) is 0 Å². The Bertz CT molecular complexity index is 515. The molecular formula is C15H23N3O2S. The van der Waals surface area contributed by atoms with Crippen LogP contribution < -0.4 is 10.6 Å². The van der Waals surface area contributed by atoms with Crippen LogP contribution in [0.5, 0.6) is 0 Å². The summed E-state index contributed by atoms with van der Waals surface area (Å²) in [5.41, 5.74) is 6.40. The summed E-state index contributed by atoms with van der Waals surface area (Å²) in [7, 11) is 0. The van der Waals surface area contributed by atoms with E-state index in [1.807, 2.05) is 6.92 Å². The number of hydrogen-bond acceptors (Lipinski definition) is 6. The largest absolute Gasteiger partial charge is 0.462 e. The topological polar surface area (TPSA) is 68.5 Å². The van der Waals surface area contributed by atoms with Gasteiger partial charge in [-0.1, -0.05) is 12.8 Å². The summed E-state index contributed by atoms with van der Waals surface area (Å²) in [4.78, 5) is 14.6. The summed E-state index contributed by atoms with van der Waals surface area (Å²) in [6, 6.07) is 0.542. The number of esters is 1. The highest BCUT2D eigenvalue weighted by molar-refractivity contribution is 7.11. The second-order valence-corrected chi connectivity index (χ2v) is 6.67. The molecule has 1 aromatic heterocycles. The van der Waals surface area contributed by atoms with E-state index in [9.17, 15) is 4.79 Å². The van der Waals surface area contributed by atoms with Crippen LogP contribution in [-0.2, 0) is 4.74 Å². The van der Waals surface area contributed by atoms with E-state index < -0.39 is 0 Å². The summed E-state index contributed by atoms with van der Waals surface area (Å²) in [5.74, 6) is 0.730. The lowest BCUT2D eigenvalue weighted by Gasteiger charge is -2.44. The number of anilines is 2. The number of aromatic nitrogens is 1. The molecule has 2 atom stereocenters. The fraction of sp³-hybridized carbons (Fsp3) is 0.733. The van der Waals surface area contributed by atoms with Crippen molar-refractivity contribution in [1.29, 1.82) is 0 Å². The van der Waals surface area contributed by atoms with Gasteiger partial charge in [-0.05, 0) is 50.1 Å². The molecule has 0 amide bonds. The molecule has 1 aliphatic heterocycles. The molecule has 1 saturated carbocycles. The third kappa shape index (κ3) is 2.73. The van der Waals surface area contributed by atoms with Gasteiger partial charge in [0.15, 0.2) is 5.82 Å². The zero-order valence-electron chi connectivity index (χ0n) is 12.5. The first-order chi connectivity index (χ1) is 10.2. The quantitative estimate of drug-likeness (QED) is 0.869. The number of ether oxygens (including phenoxy) is 1. The van der Waals surface area contributed by atoms with Crippen LogP contribution in [0.2, 0.25) is 0 Å². The number of carbonyl (C=O) groups is 1. The molecule has 0 radical (unpaired) electrons. The van der Waals surface area contributed by atoms with Crippen molar-refractivity contribution in [2.45, 2.75) is 51.5 Å². The van der Waals surface area contributed by atoms with Gasteiger partial charge < -0.3 is 15.4 Å². The second-order valence-electron chi connectivity index (χ2n) is 5.92. The Hall–Kier alpha value is -1.30. The highest BCUT2D eigenvalue weighted by Gasteiger charge is 2.36. The van der Waals surface area contributed by atoms with Gasteiger partial charge >= 0.3 is 5.97 Å². The number of nitrogens with two attached hydrogens (primary N) is 1. The number of rotatable bonds is 3. The average molecular weight is 309 g/mol. The Kier molecular flexibility index (Phi) is 4.33. The number of carbonyl (C=O) groups excluding carboxylic acids is 1. The molecule has 116 valence electrons. The molecule has 2 heterocycles. The molecule has 2 N–H and O–H groups in total. The van der Waals surface area contributed by atoms with Gasteiger partial charge in [-0.15, -0.1) is 0 Å². The maximum Gasteiger partial charge on any atom is 0.345 e. The Labute approximate surface area is 129 Å². The van der Waals surface area contributed by atoms with Crippen LogP contribution in [0.3, 0.4) is 0 Å². The van der Waals surface area contributed by atoms with Gasteiger partial charge in [0.25, 0.3) is 0 Å². The van der Waals surface area contributed by atoms with Gasteiger partial charge in [0, 0.05) is 12.6 Å². The first kappa shape index (κ1) is 14.6. The highest BCUT2D eigenvalue weighted by atomic mass is 32.1. The zero-order chi connectivity index (χ0) is 14.8. The van der Waals surface area contributed by atoms with Crippen LogP contribution in [0.25, 0.3) is 0 Å². The molecule has 1 saturated heterocycles. The van der Waals surface area contributed by atoms with Gasteiger partial charge in [-0.2, -0.15) is 4.37 Å². The maximum atomic E-state index is 12.2. The maximum absolute atomic E-state index is 12.2. The SMILES string of the molecule is CCOC(=O)c1c(N)nsc1N1CCC[C@H]2CCCC[C@H]21. The molecule has 1 aliphatic carbocycles. The molecule has 6 heteroatoms. The van der Waals surface area contributed by atoms with Gasteiger partial charge in [0.05, 0.1) is 6.61 Å². The van der Waals surface area contributed by atoms with Crippen LogP contribution in [0, 0.1) is 5.92 Å². The molecule has 2 fully saturated rings. The van der Waals surface area contributed by atoms with Crippen molar-refractivity contribution >= 4 is 28.3 Å². The second kappa shape index (κ2) is 6.22. The predicted octanol–water partition coefficient (Wildman–Crippen LogP) is 3.06. The third-order valence-corrected chi connectivity index (χ3v) is 5.58. The van der Waals surface area contributed by atoms with E-state index >= 15 is 0 Å². The molecule has 0 unspecified atom stereocenters. The fourth-order valence-corrected chi connectivity index (χ4v) is 4.65. The van der Waals surface area contributed by atoms with Crippen molar-refractivity contribution < 1.29 is 9.53 Å². The molecule has 1 aromatic rings. The van der Waals surface area contributed by atoms with Gasteiger partial charge in [0.2, 0.25) is 0 Å². The van der Waals surface area contributed by atoms with Crippen LogP contribution in [0.1, 0.15) is 55.8 Å². The van der Waals surface area contributed by atoms with Crippen molar-refractivity contribution in [1.82, 2.24) is 4.37 Å². The fourth-order valence-electron chi connectivity index (χ4n) is 3.76. The highest BCUT2D eigenvalue weighted by Crippen LogP contribution is 2.41. The Morgan fingerprint density at radius 3 is 2.95 bits per heavy atom. The van der Waals surface area contributed by atoms with E-state index in [1.165, 1.54) is 50.1 Å². The van der Waals surface area contributed by atoms with E-state index in [-0.39, 0.29) is 5.97 Å². The Morgan fingerprint density at radius 1 is 1.38 bits per heavy atom. The molecule has 0 spiro atoms. The van der Waals surface area contributed by atoms with Crippen molar-refractivity contribution in [3.05, 3.63) is 5.56 Å². The summed E-state index contributed by atoms with van der Waals surface area (Å²) in [5, 5.41) is 0.919. The first-order valence-corrected chi connectivity index (χ1v) is 8.68. The number of fused-ring (bicyclic) bond motifs is 1. The summed E-state index contributed by atoms with van der Waals surface area (Å²) < 4.78 is 9.37. The monoisotopic (exact) mass is 309 g/mol. The minimum absolute atomic E-state index is 0.311. The van der Waals surface area contributed by atoms with E-state index in [4.69, 9.17) is 10.5 Å². The molecule has 0 bridgehead atoms. The van der Waals surface area contributed by atoms with Crippen LogP contribution in [0.15, 0.2) is 0 Å². The van der Waals surface area contributed by atoms with Gasteiger partial charge in [-0.25, -0.2) is 4.79 Å². The van der Waals surface area contributed by atoms with E-state index in [0.717, 1.165) is 17.5 Å². The summed E-state index contributed by atoms with van der Waals surface area (Å²) in [6.07, 6.45) is 7.63. The van der Waals surface area contributed by atoms with Gasteiger partial charge in [-0.3, -0.25) is 0 Å². The van der Waals surface area contributed by atoms with Crippen molar-refractivity contribution in [2.75, 3.05) is 23.8 Å². The number of nitrogens with zero attached hydrogens (tertiary/aromatic N) is 2. The molecule has 0 aromatic carbocycles. The number of piperidine rings is 1. The average Bonchev–Trinajstić information content (AvgIpc) is 2.88. The van der Waals surface area contributed by atoms with Crippen LogP contribution in [0.4, 0.5) is 10.8 Å². The lowest BCUT2D eigenvalue weighted by molar-refractivity contribution is 0.0528. The lowest BCUT2D eigenvalue weighted by Crippen LogP contribution is -2.47. The minimum Gasteiger partial charge on any atom is -0.462 e. The Morgan fingerprint density at radius 2 is 2.14 bits per heavy atom. The number of hydrogen-bond donors (Lipinski definition) is 1. The molecular weight excluding hydrogens is 286 g/mol. The molecule has 3 rings (SSSR count). The van der Waals surface area contributed by atoms with Crippen LogP contribution in [-0.4, -0.2) is 29.5 Å². The zero-order valence-corrected chi connectivity index (χ0v) is 13.3. The van der Waals surface area contributed by atoms with Crippen molar-refractivity contribution in [2.24, 2.45) is 5.92 Å². The normalized spacial score (nSPS) is 25.5. The van der Waals surface area contributed by atoms with Crippen LogP contribution >= 0.6 is 11.5 Å². The molecule has 5 nitrogen and oxygen atoms in total. The van der Waals surface area contributed by atoms with E-state index in [2.05, 4.69) is 9.27 Å². The molecule has 21 heavy (non-hydrogen) atoms. The standard InChI is InChI=1S/C15H23N3O2S/c1-2-20-15(19)12-13(16)17-21-14(12)18-9-5-7-10-6-3-4-8-11(10)18/h10-11H,2-9H2,1H3,(H2,16,17)/t10-,11-/m1/s1. The lowest BCUT2D eigenvalue weighted by atomic mass is 9.78. The first-order valence-electron chi connectivity index (χ1n) is 7.91.